The van der Waals surface area contributed by atoms with Crippen LogP contribution in [0.3, 0.4) is 0 Å². The summed E-state index contributed by atoms with van der Waals surface area (Å²) in [6, 6.07) is 0.826. The van der Waals surface area contributed by atoms with Gasteiger partial charge in [0.1, 0.15) is 0 Å². The van der Waals surface area contributed by atoms with E-state index in [1.54, 1.807) is 0 Å². The van der Waals surface area contributed by atoms with Crippen molar-refractivity contribution in [2.75, 3.05) is 26.7 Å². The third-order valence-corrected chi connectivity index (χ3v) is 3.23. The molecule has 1 rings (SSSR count). The fraction of sp³-hybridized carbons (Fsp3) is 1.00. The molecule has 0 radical (unpaired) electrons. The summed E-state index contributed by atoms with van der Waals surface area (Å²) in [5, 5.41) is 10.0. The zero-order valence-electron chi connectivity index (χ0n) is 10.1. The molecule has 84 valence electrons. The van der Waals surface area contributed by atoms with Gasteiger partial charge in [0.25, 0.3) is 0 Å². The summed E-state index contributed by atoms with van der Waals surface area (Å²) < 4.78 is 0. The zero-order valence-corrected chi connectivity index (χ0v) is 10.1. The summed E-state index contributed by atoms with van der Waals surface area (Å²) >= 11 is 0. The van der Waals surface area contributed by atoms with Crippen molar-refractivity contribution < 1.29 is 5.11 Å². The lowest BCUT2D eigenvalue weighted by molar-refractivity contribution is -0.0526. The van der Waals surface area contributed by atoms with Gasteiger partial charge in [-0.2, -0.15) is 0 Å². The smallest absolute Gasteiger partial charge is 0.0758 e. The third kappa shape index (κ3) is 2.69. The lowest BCUT2D eigenvalue weighted by Gasteiger charge is -2.46. The van der Waals surface area contributed by atoms with Crippen molar-refractivity contribution in [3.63, 3.8) is 0 Å². The van der Waals surface area contributed by atoms with Crippen LogP contribution in [0.5, 0.6) is 0 Å². The topological polar surface area (TPSA) is 26.7 Å². The van der Waals surface area contributed by atoms with Gasteiger partial charge in [-0.1, -0.05) is 0 Å². The molecule has 0 aliphatic carbocycles. The predicted octanol–water partition coefficient (Wildman–Crippen LogP) is 0.782. The van der Waals surface area contributed by atoms with Crippen LogP contribution in [0.15, 0.2) is 0 Å². The Labute approximate surface area is 87.7 Å². The van der Waals surface area contributed by atoms with E-state index in [0.29, 0.717) is 6.04 Å². The quantitative estimate of drug-likeness (QED) is 0.713. The molecule has 14 heavy (non-hydrogen) atoms. The number of piperazine rings is 1. The molecule has 0 aromatic heterocycles. The first-order chi connectivity index (χ1) is 6.32. The monoisotopic (exact) mass is 200 g/mol. The molecule has 1 N–H and O–H groups in total. The summed E-state index contributed by atoms with van der Waals surface area (Å²) in [4.78, 5) is 4.70. The summed E-state index contributed by atoms with van der Waals surface area (Å²) in [5.74, 6) is 0. The van der Waals surface area contributed by atoms with Gasteiger partial charge in [-0.15, -0.1) is 0 Å². The van der Waals surface area contributed by atoms with E-state index < -0.39 is 5.60 Å². The Hall–Kier alpha value is -0.120. The molecule has 1 aliphatic rings. The van der Waals surface area contributed by atoms with Gasteiger partial charge in [-0.25, -0.2) is 0 Å². The van der Waals surface area contributed by atoms with Crippen molar-refractivity contribution in [1.29, 1.82) is 0 Å². The van der Waals surface area contributed by atoms with Crippen LogP contribution in [0, 0.1) is 0 Å². The van der Waals surface area contributed by atoms with E-state index in [2.05, 4.69) is 30.7 Å². The van der Waals surface area contributed by atoms with Crippen molar-refractivity contribution in [3.8, 4) is 0 Å². The molecule has 3 heteroatoms. The molecule has 0 aromatic rings. The maximum absolute atomic E-state index is 10.0. The van der Waals surface area contributed by atoms with Crippen LogP contribution in [0.2, 0.25) is 0 Å². The molecule has 3 nitrogen and oxygen atoms in total. The Morgan fingerprint density at radius 1 is 1.29 bits per heavy atom. The first-order valence-electron chi connectivity index (χ1n) is 5.49. The minimum atomic E-state index is -0.609. The minimum absolute atomic E-state index is 0.249. The second kappa shape index (κ2) is 4.17. The molecule has 1 aliphatic heterocycles. The van der Waals surface area contributed by atoms with Gasteiger partial charge in [0, 0.05) is 25.7 Å². The van der Waals surface area contributed by atoms with Crippen molar-refractivity contribution in [1.82, 2.24) is 9.80 Å². The van der Waals surface area contributed by atoms with Gasteiger partial charge in [-0.3, -0.25) is 9.80 Å². The van der Waals surface area contributed by atoms with E-state index in [9.17, 15) is 5.11 Å². The molecule has 1 fully saturated rings. The van der Waals surface area contributed by atoms with Crippen LogP contribution in [-0.4, -0.2) is 59.3 Å². The van der Waals surface area contributed by atoms with Crippen molar-refractivity contribution in [2.45, 2.75) is 45.4 Å². The van der Waals surface area contributed by atoms with Crippen LogP contribution >= 0.6 is 0 Å². The van der Waals surface area contributed by atoms with Crippen LogP contribution in [0.4, 0.5) is 0 Å². The molecule has 1 saturated heterocycles. The Morgan fingerprint density at radius 3 is 2.29 bits per heavy atom. The fourth-order valence-corrected chi connectivity index (χ4v) is 2.13. The summed E-state index contributed by atoms with van der Waals surface area (Å²) in [7, 11) is 2.10. The van der Waals surface area contributed by atoms with Gasteiger partial charge >= 0.3 is 0 Å². The number of hydrogen-bond acceptors (Lipinski definition) is 3. The van der Waals surface area contributed by atoms with E-state index in [4.69, 9.17) is 0 Å². The normalized spacial score (nSPS) is 27.2. The van der Waals surface area contributed by atoms with Crippen LogP contribution in [-0.2, 0) is 0 Å². The second-order valence-corrected chi connectivity index (χ2v) is 5.24. The lowest BCUT2D eigenvalue weighted by atomic mass is 9.95. The van der Waals surface area contributed by atoms with Crippen molar-refractivity contribution >= 4 is 0 Å². The highest BCUT2D eigenvalue weighted by Gasteiger charge is 2.35. The zero-order chi connectivity index (χ0) is 10.9. The van der Waals surface area contributed by atoms with Gasteiger partial charge in [0.2, 0.25) is 0 Å². The van der Waals surface area contributed by atoms with Gasteiger partial charge in [0.05, 0.1) is 11.6 Å². The Bertz CT molecular complexity index is 186. The summed E-state index contributed by atoms with van der Waals surface area (Å²) in [6.45, 7) is 11.4. The second-order valence-electron chi connectivity index (χ2n) is 5.24. The molecule has 0 saturated carbocycles. The third-order valence-electron chi connectivity index (χ3n) is 3.23. The average Bonchev–Trinajstić information content (AvgIpc) is 2.02. The number of rotatable bonds is 2. The van der Waals surface area contributed by atoms with E-state index in [0.717, 1.165) is 19.6 Å². The predicted molar refractivity (Wildman–Crippen MR) is 59.4 cm³/mol. The molecular formula is C11H24N2O. The minimum Gasteiger partial charge on any atom is -0.389 e. The van der Waals surface area contributed by atoms with Gasteiger partial charge in [0.15, 0.2) is 0 Å². The molecule has 0 spiro atoms. The molecule has 1 heterocycles. The number of hydrogen-bond donors (Lipinski definition) is 1. The molecule has 1 unspecified atom stereocenters. The highest BCUT2D eigenvalue weighted by molar-refractivity contribution is 4.91. The van der Waals surface area contributed by atoms with Gasteiger partial charge < -0.3 is 5.11 Å². The Balaban J connectivity index is 2.65. The van der Waals surface area contributed by atoms with E-state index >= 15 is 0 Å². The molecule has 1 atom stereocenters. The fourth-order valence-electron chi connectivity index (χ4n) is 2.13. The van der Waals surface area contributed by atoms with E-state index in [1.165, 1.54) is 0 Å². The van der Waals surface area contributed by atoms with Crippen LogP contribution in [0.1, 0.15) is 27.7 Å². The van der Waals surface area contributed by atoms with E-state index in [1.807, 2.05) is 13.8 Å². The van der Waals surface area contributed by atoms with Crippen molar-refractivity contribution in [2.24, 2.45) is 0 Å². The number of aliphatic hydroxyl groups is 1. The largest absolute Gasteiger partial charge is 0.389 e. The first-order valence-corrected chi connectivity index (χ1v) is 5.49. The highest BCUT2D eigenvalue weighted by Crippen LogP contribution is 2.20. The number of likely N-dealkylation sites (N-methyl/N-ethyl adjacent to an activating group) is 1. The van der Waals surface area contributed by atoms with E-state index in [-0.39, 0.29) is 6.04 Å². The van der Waals surface area contributed by atoms with Crippen molar-refractivity contribution in [3.05, 3.63) is 0 Å². The summed E-state index contributed by atoms with van der Waals surface area (Å²) in [5.41, 5.74) is -0.609. The summed E-state index contributed by atoms with van der Waals surface area (Å²) in [6.07, 6.45) is 0. The van der Waals surface area contributed by atoms with Gasteiger partial charge in [-0.05, 0) is 34.7 Å². The molecular weight excluding hydrogens is 176 g/mol. The van der Waals surface area contributed by atoms with Crippen LogP contribution in [0.25, 0.3) is 0 Å². The SMILES string of the molecule is CC(C)N1CCN(C)C(C(C)(C)O)C1. The lowest BCUT2D eigenvalue weighted by Crippen LogP contribution is -2.60. The maximum atomic E-state index is 10.0. The highest BCUT2D eigenvalue weighted by atomic mass is 16.3. The Morgan fingerprint density at radius 2 is 1.86 bits per heavy atom. The number of nitrogens with zero attached hydrogens (tertiary/aromatic N) is 2. The molecule has 0 bridgehead atoms. The standard InChI is InChI=1S/C11H24N2O/c1-9(2)13-7-6-12(5)10(8-13)11(3,4)14/h9-10,14H,6-8H2,1-5H3. The molecule has 0 aromatic carbocycles. The first kappa shape index (κ1) is 12.0. The maximum Gasteiger partial charge on any atom is 0.0758 e. The molecule has 0 amide bonds. The average molecular weight is 200 g/mol. The van der Waals surface area contributed by atoms with Crippen LogP contribution < -0.4 is 0 Å². The Kier molecular flexibility index (Phi) is 3.56.